The molecule has 1 aromatic carbocycles. The number of anilines is 1. The molecule has 0 radical (unpaired) electrons. The van der Waals surface area contributed by atoms with Crippen LogP contribution in [-0.4, -0.2) is 43.1 Å². The van der Waals surface area contributed by atoms with Crippen LogP contribution in [0, 0.1) is 5.92 Å². The van der Waals surface area contributed by atoms with Gasteiger partial charge in [-0.3, -0.25) is 14.4 Å². The van der Waals surface area contributed by atoms with Gasteiger partial charge in [0, 0.05) is 25.2 Å². The van der Waals surface area contributed by atoms with Gasteiger partial charge in [-0.25, -0.2) is 0 Å². The monoisotopic (exact) mass is 306 g/mol. The van der Waals surface area contributed by atoms with Crippen LogP contribution in [0.4, 0.5) is 5.69 Å². The zero-order valence-electron chi connectivity index (χ0n) is 12.2. The van der Waals surface area contributed by atoms with Crippen LogP contribution in [-0.2, 0) is 14.4 Å². The molecule has 22 heavy (non-hydrogen) atoms. The predicted octanol–water partition coefficient (Wildman–Crippen LogP) is 0.639. The lowest BCUT2D eigenvalue weighted by Crippen LogP contribution is -2.34. The van der Waals surface area contributed by atoms with E-state index in [2.05, 4.69) is 5.32 Å². The van der Waals surface area contributed by atoms with E-state index >= 15 is 0 Å². The molecule has 1 atom stereocenters. The molecule has 1 heterocycles. The quantitative estimate of drug-likeness (QED) is 0.804. The van der Waals surface area contributed by atoms with Crippen LogP contribution in [0.5, 0.6) is 5.75 Å². The van der Waals surface area contributed by atoms with Gasteiger partial charge >= 0.3 is 5.97 Å². The number of hydrogen-bond acceptors (Lipinski definition) is 4. The van der Waals surface area contributed by atoms with Crippen LogP contribution in [0.1, 0.15) is 12.8 Å². The van der Waals surface area contributed by atoms with Crippen LogP contribution in [0.25, 0.3) is 0 Å². The van der Waals surface area contributed by atoms with Crippen LogP contribution >= 0.6 is 0 Å². The van der Waals surface area contributed by atoms with Crippen molar-refractivity contribution in [2.75, 3.05) is 25.1 Å². The number of ether oxygens (including phenoxy) is 1. The number of carboxylic acid groups (broad SMARTS) is 1. The average Bonchev–Trinajstić information content (AvgIpc) is 2.89. The smallest absolute Gasteiger partial charge is 0.305 e. The summed E-state index contributed by atoms with van der Waals surface area (Å²) < 4.78 is 5.07. The number of nitrogens with zero attached hydrogens (tertiary/aromatic N) is 1. The summed E-state index contributed by atoms with van der Waals surface area (Å²) in [5.41, 5.74) is 0.714. The first-order valence-corrected chi connectivity index (χ1v) is 6.95. The fourth-order valence-corrected chi connectivity index (χ4v) is 2.33. The number of nitrogens with one attached hydrogen (secondary N) is 1. The minimum absolute atomic E-state index is 0.0708. The average molecular weight is 306 g/mol. The molecule has 1 aliphatic heterocycles. The molecule has 1 unspecified atom stereocenters. The van der Waals surface area contributed by atoms with Crippen LogP contribution in [0.2, 0.25) is 0 Å². The third kappa shape index (κ3) is 3.75. The number of benzene rings is 1. The highest BCUT2D eigenvalue weighted by molar-refractivity contribution is 6.00. The summed E-state index contributed by atoms with van der Waals surface area (Å²) in [6.07, 6.45) is -0.000462. The van der Waals surface area contributed by atoms with Gasteiger partial charge in [-0.15, -0.1) is 0 Å². The van der Waals surface area contributed by atoms with Crippen LogP contribution in [0.3, 0.4) is 0 Å². The Hall–Kier alpha value is -2.57. The summed E-state index contributed by atoms with van der Waals surface area (Å²) in [6.45, 7) is 0.367. The van der Waals surface area contributed by atoms with Crippen LogP contribution in [0.15, 0.2) is 24.3 Å². The molecular weight excluding hydrogens is 288 g/mol. The van der Waals surface area contributed by atoms with Gasteiger partial charge in [-0.2, -0.15) is 0 Å². The number of amides is 2. The van der Waals surface area contributed by atoms with E-state index in [4.69, 9.17) is 9.84 Å². The largest absolute Gasteiger partial charge is 0.497 e. The van der Waals surface area contributed by atoms with Crippen molar-refractivity contribution in [3.05, 3.63) is 24.3 Å². The van der Waals surface area contributed by atoms with Crippen molar-refractivity contribution in [3.63, 3.8) is 0 Å². The summed E-state index contributed by atoms with van der Waals surface area (Å²) in [6, 6.07) is 7.04. The van der Waals surface area contributed by atoms with Gasteiger partial charge in [0.1, 0.15) is 5.75 Å². The molecule has 7 nitrogen and oxygen atoms in total. The summed E-state index contributed by atoms with van der Waals surface area (Å²) in [7, 11) is 1.56. The molecule has 1 aromatic rings. The molecule has 0 aromatic heterocycles. The fraction of sp³-hybridized carbons (Fsp3) is 0.400. The maximum absolute atomic E-state index is 12.0. The van der Waals surface area contributed by atoms with Crippen molar-refractivity contribution >= 4 is 23.5 Å². The maximum Gasteiger partial charge on any atom is 0.305 e. The number of carbonyl (C=O) groups is 3. The molecular formula is C15H18N2O5. The zero-order chi connectivity index (χ0) is 16.1. The predicted molar refractivity (Wildman–Crippen MR) is 78.7 cm³/mol. The van der Waals surface area contributed by atoms with Gasteiger partial charge in [-0.1, -0.05) is 0 Å². The molecule has 0 spiro atoms. The third-order valence-electron chi connectivity index (χ3n) is 3.52. The van der Waals surface area contributed by atoms with Crippen molar-refractivity contribution in [2.45, 2.75) is 12.8 Å². The second-order valence-electron chi connectivity index (χ2n) is 5.04. The number of hydrogen-bond donors (Lipinski definition) is 2. The zero-order valence-corrected chi connectivity index (χ0v) is 12.2. The second-order valence-corrected chi connectivity index (χ2v) is 5.04. The van der Waals surface area contributed by atoms with Gasteiger partial charge < -0.3 is 20.1 Å². The van der Waals surface area contributed by atoms with Crippen molar-refractivity contribution in [1.29, 1.82) is 0 Å². The lowest BCUT2D eigenvalue weighted by atomic mass is 10.1. The molecule has 2 amide bonds. The van der Waals surface area contributed by atoms with E-state index in [1.54, 1.807) is 36.3 Å². The van der Waals surface area contributed by atoms with E-state index in [0.29, 0.717) is 18.0 Å². The molecule has 0 aliphatic carbocycles. The highest BCUT2D eigenvalue weighted by atomic mass is 16.5. The fourth-order valence-electron chi connectivity index (χ4n) is 2.33. The lowest BCUT2D eigenvalue weighted by molar-refractivity contribution is -0.137. The topological polar surface area (TPSA) is 95.9 Å². The summed E-state index contributed by atoms with van der Waals surface area (Å²) in [5.74, 6) is -1.14. The maximum atomic E-state index is 12.0. The number of methoxy groups -OCH3 is 1. The van der Waals surface area contributed by atoms with Crippen molar-refractivity contribution in [2.24, 2.45) is 5.92 Å². The Morgan fingerprint density at radius 1 is 1.36 bits per heavy atom. The van der Waals surface area contributed by atoms with E-state index in [0.717, 1.165) is 0 Å². The molecule has 0 saturated carbocycles. The Morgan fingerprint density at radius 2 is 2.05 bits per heavy atom. The van der Waals surface area contributed by atoms with Crippen molar-refractivity contribution in [1.82, 2.24) is 5.32 Å². The first-order chi connectivity index (χ1) is 10.5. The third-order valence-corrected chi connectivity index (χ3v) is 3.52. The Kier molecular flexibility index (Phi) is 4.98. The van der Waals surface area contributed by atoms with E-state index in [-0.39, 0.29) is 31.2 Å². The SMILES string of the molecule is COc1ccc(N2CC(C(=O)NCCC(=O)O)CC2=O)cc1. The minimum Gasteiger partial charge on any atom is -0.497 e. The molecule has 0 bridgehead atoms. The molecule has 2 rings (SSSR count). The molecule has 1 saturated heterocycles. The number of rotatable bonds is 6. The van der Waals surface area contributed by atoms with Crippen LogP contribution < -0.4 is 15.0 Å². The number of carbonyl (C=O) groups excluding carboxylic acids is 2. The molecule has 7 heteroatoms. The van der Waals surface area contributed by atoms with Gasteiger partial charge in [0.05, 0.1) is 19.4 Å². The molecule has 118 valence electrons. The summed E-state index contributed by atoms with van der Waals surface area (Å²) in [4.78, 5) is 36.0. The Bertz CT molecular complexity index is 570. The minimum atomic E-state index is -0.970. The Balaban J connectivity index is 1.94. The standard InChI is InChI=1S/C15H18N2O5/c1-22-12-4-2-11(3-5-12)17-9-10(8-13(17)18)15(21)16-7-6-14(19)20/h2-5,10H,6-9H2,1H3,(H,16,21)(H,19,20). The first kappa shape index (κ1) is 15.8. The lowest BCUT2D eigenvalue weighted by Gasteiger charge is -2.17. The molecule has 1 fully saturated rings. The van der Waals surface area contributed by atoms with Gasteiger partial charge in [0.2, 0.25) is 11.8 Å². The second kappa shape index (κ2) is 6.93. The van der Waals surface area contributed by atoms with E-state index in [1.165, 1.54) is 0 Å². The van der Waals surface area contributed by atoms with E-state index in [1.807, 2.05) is 0 Å². The van der Waals surface area contributed by atoms with Gasteiger partial charge in [0.25, 0.3) is 0 Å². The van der Waals surface area contributed by atoms with Crippen molar-refractivity contribution < 1.29 is 24.2 Å². The highest BCUT2D eigenvalue weighted by Gasteiger charge is 2.34. The van der Waals surface area contributed by atoms with E-state index < -0.39 is 11.9 Å². The Labute approximate surface area is 127 Å². The van der Waals surface area contributed by atoms with Crippen molar-refractivity contribution in [3.8, 4) is 5.75 Å². The first-order valence-electron chi connectivity index (χ1n) is 6.95. The number of carboxylic acids is 1. The van der Waals surface area contributed by atoms with Gasteiger partial charge in [0.15, 0.2) is 0 Å². The highest BCUT2D eigenvalue weighted by Crippen LogP contribution is 2.26. The molecule has 1 aliphatic rings. The normalized spacial score (nSPS) is 17.4. The summed E-state index contributed by atoms with van der Waals surface area (Å²) in [5, 5.41) is 11.1. The van der Waals surface area contributed by atoms with E-state index in [9.17, 15) is 14.4 Å². The summed E-state index contributed by atoms with van der Waals surface area (Å²) >= 11 is 0. The van der Waals surface area contributed by atoms with Gasteiger partial charge in [-0.05, 0) is 24.3 Å². The Morgan fingerprint density at radius 3 is 2.64 bits per heavy atom. The number of aliphatic carboxylic acids is 1. The molecule has 2 N–H and O–H groups in total.